The number of benzene rings is 2. The van der Waals surface area contributed by atoms with Crippen molar-refractivity contribution >= 4 is 54.1 Å². The predicted molar refractivity (Wildman–Crippen MR) is 134 cm³/mol. The number of halogens is 4. The Balaban J connectivity index is 0.00000171. The molecule has 2 atom stereocenters. The van der Waals surface area contributed by atoms with Crippen LogP contribution in [0.15, 0.2) is 67.1 Å². The van der Waals surface area contributed by atoms with Crippen molar-refractivity contribution in [2.45, 2.75) is 25.4 Å². The molecule has 31 heavy (non-hydrogen) atoms. The first-order chi connectivity index (χ1) is 14.1. The normalized spacial score (nSPS) is 15.4. The van der Waals surface area contributed by atoms with E-state index in [4.69, 9.17) is 27.9 Å². The number of pyridine rings is 1. The first-order valence-corrected chi connectivity index (χ1v) is 10.3. The van der Waals surface area contributed by atoms with Crippen LogP contribution in [0, 0.1) is 0 Å². The second-order valence-corrected chi connectivity index (χ2v) is 7.96. The molecule has 0 fully saturated rings. The van der Waals surface area contributed by atoms with Crippen LogP contribution in [-0.4, -0.2) is 17.0 Å². The van der Waals surface area contributed by atoms with Gasteiger partial charge in [0, 0.05) is 25.0 Å². The minimum atomic E-state index is 0. The molecule has 0 amide bonds. The van der Waals surface area contributed by atoms with Gasteiger partial charge in [-0.3, -0.25) is 4.98 Å². The summed E-state index contributed by atoms with van der Waals surface area (Å²) in [7, 11) is 1.69. The van der Waals surface area contributed by atoms with Gasteiger partial charge in [0.25, 0.3) is 0 Å². The molecule has 0 radical (unpaired) electrons. The van der Waals surface area contributed by atoms with Crippen LogP contribution < -0.4 is 4.74 Å². The first-order valence-electron chi connectivity index (χ1n) is 9.55. The van der Waals surface area contributed by atoms with Crippen molar-refractivity contribution in [3.05, 3.63) is 99.4 Å². The number of ether oxygens (including phenoxy) is 1. The SMILES string of the molecule is COc1ccc2c(c1)C(Cc1c(Cl)cncc1Cl)N(C(C)c1ccccc1)C=C2.Cl.Cl. The molecule has 1 aliphatic rings. The van der Waals surface area contributed by atoms with E-state index in [-0.39, 0.29) is 36.9 Å². The maximum atomic E-state index is 6.47. The van der Waals surface area contributed by atoms with Crippen molar-refractivity contribution in [2.24, 2.45) is 0 Å². The highest BCUT2D eigenvalue weighted by Gasteiger charge is 2.29. The van der Waals surface area contributed by atoms with E-state index >= 15 is 0 Å². The second-order valence-electron chi connectivity index (χ2n) is 7.15. The summed E-state index contributed by atoms with van der Waals surface area (Å²) in [4.78, 5) is 6.46. The third-order valence-corrected chi connectivity index (χ3v) is 6.17. The monoisotopic (exact) mass is 496 g/mol. The lowest BCUT2D eigenvalue weighted by atomic mass is 9.89. The molecule has 0 saturated carbocycles. The minimum absolute atomic E-state index is 0. The van der Waals surface area contributed by atoms with E-state index in [0.717, 1.165) is 11.3 Å². The maximum Gasteiger partial charge on any atom is 0.119 e. The summed E-state index contributed by atoms with van der Waals surface area (Å²) in [5, 5.41) is 1.17. The fourth-order valence-corrected chi connectivity index (χ4v) is 4.41. The Kier molecular flexibility index (Phi) is 9.08. The largest absolute Gasteiger partial charge is 0.497 e. The molecular formula is C24H24Cl4N2O. The number of nitrogens with zero attached hydrogens (tertiary/aromatic N) is 2. The van der Waals surface area contributed by atoms with Gasteiger partial charge in [-0.25, -0.2) is 0 Å². The van der Waals surface area contributed by atoms with Crippen molar-refractivity contribution in [3.8, 4) is 5.75 Å². The summed E-state index contributed by atoms with van der Waals surface area (Å²) in [6, 6.07) is 16.9. The van der Waals surface area contributed by atoms with E-state index in [1.807, 2.05) is 12.1 Å². The fourth-order valence-electron chi connectivity index (χ4n) is 3.90. The van der Waals surface area contributed by atoms with Gasteiger partial charge < -0.3 is 9.64 Å². The Morgan fingerprint density at radius 2 is 1.71 bits per heavy atom. The molecule has 0 saturated heterocycles. The lowest BCUT2D eigenvalue weighted by Crippen LogP contribution is -2.31. The minimum Gasteiger partial charge on any atom is -0.497 e. The summed E-state index contributed by atoms with van der Waals surface area (Å²) < 4.78 is 5.50. The van der Waals surface area contributed by atoms with Crippen LogP contribution in [0.4, 0.5) is 0 Å². The first kappa shape index (κ1) is 25.4. The average Bonchev–Trinajstić information content (AvgIpc) is 2.76. The molecule has 164 valence electrons. The van der Waals surface area contributed by atoms with Crippen LogP contribution in [0.5, 0.6) is 5.75 Å². The lowest BCUT2D eigenvalue weighted by molar-refractivity contribution is 0.214. The highest BCUT2D eigenvalue weighted by Crippen LogP contribution is 2.41. The van der Waals surface area contributed by atoms with Crippen LogP contribution in [-0.2, 0) is 6.42 Å². The van der Waals surface area contributed by atoms with E-state index in [0.29, 0.717) is 16.5 Å². The van der Waals surface area contributed by atoms with Crippen molar-refractivity contribution in [2.75, 3.05) is 7.11 Å². The third kappa shape index (κ3) is 5.30. The molecule has 0 N–H and O–H groups in total. The molecule has 0 aliphatic carbocycles. The molecule has 3 nitrogen and oxygen atoms in total. The predicted octanol–water partition coefficient (Wildman–Crippen LogP) is 7.57. The zero-order chi connectivity index (χ0) is 20.4. The van der Waals surface area contributed by atoms with Gasteiger partial charge >= 0.3 is 0 Å². The van der Waals surface area contributed by atoms with Crippen molar-refractivity contribution in [1.29, 1.82) is 0 Å². The summed E-state index contributed by atoms with van der Waals surface area (Å²) in [6.07, 6.45) is 8.29. The van der Waals surface area contributed by atoms with Gasteiger partial charge in [-0.1, -0.05) is 59.6 Å². The molecule has 1 aromatic heterocycles. The lowest BCUT2D eigenvalue weighted by Gasteiger charge is -2.40. The summed E-state index contributed by atoms with van der Waals surface area (Å²) in [5.41, 5.74) is 4.52. The van der Waals surface area contributed by atoms with Gasteiger partial charge in [0.15, 0.2) is 0 Å². The van der Waals surface area contributed by atoms with E-state index in [1.54, 1.807) is 19.5 Å². The Labute approximate surface area is 205 Å². The highest BCUT2D eigenvalue weighted by atomic mass is 35.5. The second kappa shape index (κ2) is 11.1. The molecule has 2 heterocycles. The summed E-state index contributed by atoms with van der Waals surface area (Å²) in [5.74, 6) is 0.836. The smallest absolute Gasteiger partial charge is 0.119 e. The summed E-state index contributed by atoms with van der Waals surface area (Å²) in [6.45, 7) is 2.22. The van der Waals surface area contributed by atoms with Gasteiger partial charge in [-0.15, -0.1) is 24.8 Å². The molecule has 0 spiro atoms. The molecule has 0 bridgehead atoms. The molecular weight excluding hydrogens is 474 g/mol. The summed E-state index contributed by atoms with van der Waals surface area (Å²) >= 11 is 12.9. The Morgan fingerprint density at radius 1 is 1.03 bits per heavy atom. The van der Waals surface area contributed by atoms with Crippen LogP contribution in [0.25, 0.3) is 6.08 Å². The molecule has 3 aromatic rings. The number of hydrogen-bond acceptors (Lipinski definition) is 3. The van der Waals surface area contributed by atoms with Crippen molar-refractivity contribution in [3.63, 3.8) is 0 Å². The number of methoxy groups -OCH3 is 1. The van der Waals surface area contributed by atoms with Crippen LogP contribution >= 0.6 is 48.0 Å². The van der Waals surface area contributed by atoms with Crippen LogP contribution in [0.3, 0.4) is 0 Å². The van der Waals surface area contributed by atoms with Gasteiger partial charge in [0.2, 0.25) is 0 Å². The van der Waals surface area contributed by atoms with Crippen molar-refractivity contribution < 1.29 is 4.74 Å². The van der Waals surface area contributed by atoms with Crippen LogP contribution in [0.2, 0.25) is 10.0 Å². The van der Waals surface area contributed by atoms with E-state index in [9.17, 15) is 0 Å². The van der Waals surface area contributed by atoms with Crippen molar-refractivity contribution in [1.82, 2.24) is 9.88 Å². The van der Waals surface area contributed by atoms with E-state index < -0.39 is 0 Å². The highest BCUT2D eigenvalue weighted by molar-refractivity contribution is 6.35. The molecule has 4 rings (SSSR count). The molecule has 2 unspecified atom stereocenters. The standard InChI is InChI=1S/C24H22Cl2N2O.2ClH/c1-16(17-6-4-3-5-7-17)28-11-10-18-8-9-19(29-2)12-20(18)24(28)13-21-22(25)14-27-15-23(21)26;;/h3-12,14-16,24H,13H2,1-2H3;2*1H. The Hall–Kier alpha value is -1.91. The fraction of sp³-hybridized carbons (Fsp3) is 0.208. The molecule has 2 aromatic carbocycles. The van der Waals surface area contributed by atoms with E-state index in [1.165, 1.54) is 16.7 Å². The number of fused-ring (bicyclic) bond motifs is 1. The number of hydrogen-bond donors (Lipinski definition) is 0. The zero-order valence-electron chi connectivity index (χ0n) is 17.2. The average molecular weight is 498 g/mol. The van der Waals surface area contributed by atoms with Gasteiger partial charge in [-0.2, -0.15) is 0 Å². The zero-order valence-corrected chi connectivity index (χ0v) is 20.3. The third-order valence-electron chi connectivity index (χ3n) is 5.52. The number of rotatable bonds is 5. The van der Waals surface area contributed by atoms with Gasteiger partial charge in [0.1, 0.15) is 5.75 Å². The maximum absolute atomic E-state index is 6.47. The number of aromatic nitrogens is 1. The van der Waals surface area contributed by atoms with Gasteiger partial charge in [0.05, 0.1) is 29.2 Å². The Morgan fingerprint density at radius 3 is 2.35 bits per heavy atom. The molecule has 7 heteroatoms. The van der Waals surface area contributed by atoms with Crippen LogP contribution in [0.1, 0.15) is 41.3 Å². The Bertz CT molecular complexity index is 1020. The van der Waals surface area contributed by atoms with Gasteiger partial charge in [-0.05, 0) is 47.4 Å². The quantitative estimate of drug-likeness (QED) is 0.363. The topological polar surface area (TPSA) is 25.4 Å². The molecule has 1 aliphatic heterocycles. The van der Waals surface area contributed by atoms with E-state index in [2.05, 4.69) is 65.5 Å².